The molecule has 0 aromatic heterocycles. The molecule has 0 aliphatic heterocycles. The predicted octanol–water partition coefficient (Wildman–Crippen LogP) is 4.04. The highest BCUT2D eigenvalue weighted by Gasteiger charge is 2.30. The summed E-state index contributed by atoms with van der Waals surface area (Å²) in [6.07, 6.45) is 0.507. The minimum atomic E-state index is -0.268. The van der Waals surface area contributed by atoms with Crippen LogP contribution in [-0.4, -0.2) is 15.3 Å². The Labute approximate surface area is 127 Å². The van der Waals surface area contributed by atoms with Crippen LogP contribution in [0.5, 0.6) is 17.2 Å². The topological polar surface area (TPSA) is 60.7 Å². The molecule has 1 aliphatic carbocycles. The van der Waals surface area contributed by atoms with Gasteiger partial charge in [0.15, 0.2) is 11.5 Å². The number of hydrogen-bond donors (Lipinski definition) is 3. The first-order valence-corrected chi connectivity index (χ1v) is 7.12. The van der Waals surface area contributed by atoms with E-state index in [9.17, 15) is 15.3 Å². The number of fused-ring (bicyclic) bond motifs is 3. The lowest BCUT2D eigenvalue weighted by atomic mass is 9.95. The van der Waals surface area contributed by atoms with E-state index in [2.05, 4.69) is 0 Å². The standard InChI is InChI=1S/C19H14O3/c20-17-14-10-12-8-4-5-9-13(12)16(14)18(21)15(19(17)22)11-6-2-1-3-7-11/h1-9,20-22H,10H2. The fraction of sp³-hybridized carbons (Fsp3) is 0.0526. The molecule has 0 saturated carbocycles. The fourth-order valence-corrected chi connectivity index (χ4v) is 3.21. The van der Waals surface area contributed by atoms with Gasteiger partial charge in [-0.25, -0.2) is 0 Å². The Morgan fingerprint density at radius 2 is 1.32 bits per heavy atom. The summed E-state index contributed by atoms with van der Waals surface area (Å²) in [5, 5.41) is 31.5. The zero-order chi connectivity index (χ0) is 15.3. The van der Waals surface area contributed by atoms with Crippen LogP contribution in [0.2, 0.25) is 0 Å². The second-order valence-electron chi connectivity index (χ2n) is 5.47. The number of phenols is 3. The lowest BCUT2D eigenvalue weighted by Crippen LogP contribution is -1.89. The molecule has 0 atom stereocenters. The fourth-order valence-electron chi connectivity index (χ4n) is 3.21. The van der Waals surface area contributed by atoms with Crippen molar-refractivity contribution in [1.29, 1.82) is 0 Å². The normalized spacial score (nSPS) is 12.0. The molecule has 4 rings (SSSR count). The Morgan fingerprint density at radius 1 is 0.636 bits per heavy atom. The van der Waals surface area contributed by atoms with Crippen LogP contribution in [0.4, 0.5) is 0 Å². The summed E-state index contributed by atoms with van der Waals surface area (Å²) >= 11 is 0. The molecular formula is C19H14O3. The van der Waals surface area contributed by atoms with Crippen LogP contribution in [0.3, 0.4) is 0 Å². The SMILES string of the molecule is Oc1c(O)c(-c2ccccc2)c(O)c2c1Cc1ccccc1-2. The second-order valence-corrected chi connectivity index (χ2v) is 5.47. The van der Waals surface area contributed by atoms with E-state index in [4.69, 9.17) is 0 Å². The van der Waals surface area contributed by atoms with E-state index in [1.54, 1.807) is 12.1 Å². The molecule has 3 N–H and O–H groups in total. The Hall–Kier alpha value is -2.94. The maximum Gasteiger partial charge on any atom is 0.169 e. The molecule has 22 heavy (non-hydrogen) atoms. The number of rotatable bonds is 1. The Balaban J connectivity index is 2.08. The van der Waals surface area contributed by atoms with Gasteiger partial charge in [0.2, 0.25) is 0 Å². The summed E-state index contributed by atoms with van der Waals surface area (Å²) in [6.45, 7) is 0. The summed E-state index contributed by atoms with van der Waals surface area (Å²) in [7, 11) is 0. The van der Waals surface area contributed by atoms with Gasteiger partial charge in [-0.2, -0.15) is 0 Å². The number of hydrogen-bond acceptors (Lipinski definition) is 3. The molecule has 3 aromatic carbocycles. The average molecular weight is 290 g/mol. The maximum absolute atomic E-state index is 10.7. The molecule has 3 nitrogen and oxygen atoms in total. The smallest absolute Gasteiger partial charge is 0.169 e. The molecule has 3 heteroatoms. The molecule has 0 heterocycles. The zero-order valence-corrected chi connectivity index (χ0v) is 11.7. The zero-order valence-electron chi connectivity index (χ0n) is 11.7. The van der Waals surface area contributed by atoms with Crippen LogP contribution < -0.4 is 0 Å². The van der Waals surface area contributed by atoms with Gasteiger partial charge in [-0.3, -0.25) is 0 Å². The minimum absolute atomic E-state index is 0.0152. The summed E-state index contributed by atoms with van der Waals surface area (Å²) in [5.41, 5.74) is 4.07. The molecule has 3 aromatic rings. The third kappa shape index (κ3) is 1.62. The van der Waals surface area contributed by atoms with E-state index in [-0.39, 0.29) is 22.8 Å². The predicted molar refractivity (Wildman–Crippen MR) is 85.1 cm³/mol. The van der Waals surface area contributed by atoms with Crippen molar-refractivity contribution in [2.24, 2.45) is 0 Å². The van der Waals surface area contributed by atoms with Gasteiger partial charge in [0, 0.05) is 17.5 Å². The highest BCUT2D eigenvalue weighted by molar-refractivity contribution is 5.94. The molecule has 0 radical (unpaired) electrons. The first-order chi connectivity index (χ1) is 10.7. The maximum atomic E-state index is 10.7. The summed E-state index contributed by atoms with van der Waals surface area (Å²) in [6, 6.07) is 16.8. The molecule has 0 bridgehead atoms. The van der Waals surface area contributed by atoms with Crippen LogP contribution in [0.15, 0.2) is 54.6 Å². The number of aromatic hydroxyl groups is 3. The average Bonchev–Trinajstić information content (AvgIpc) is 2.94. The molecule has 0 fully saturated rings. The van der Waals surface area contributed by atoms with Crippen molar-refractivity contribution in [3.05, 3.63) is 65.7 Å². The van der Waals surface area contributed by atoms with Gasteiger partial charge in [0.25, 0.3) is 0 Å². The van der Waals surface area contributed by atoms with Crippen molar-refractivity contribution in [3.63, 3.8) is 0 Å². The van der Waals surface area contributed by atoms with Crippen molar-refractivity contribution in [2.45, 2.75) is 6.42 Å². The van der Waals surface area contributed by atoms with Gasteiger partial charge in [-0.15, -0.1) is 0 Å². The molecular weight excluding hydrogens is 276 g/mol. The van der Waals surface area contributed by atoms with Crippen LogP contribution in [0, 0.1) is 0 Å². The van der Waals surface area contributed by atoms with Gasteiger partial charge >= 0.3 is 0 Å². The van der Waals surface area contributed by atoms with Crippen molar-refractivity contribution in [3.8, 4) is 39.5 Å². The van der Waals surface area contributed by atoms with Gasteiger partial charge in [-0.05, 0) is 16.7 Å². The second kappa shape index (κ2) is 4.53. The largest absolute Gasteiger partial charge is 0.506 e. The quantitative estimate of drug-likeness (QED) is 0.366. The molecule has 108 valence electrons. The van der Waals surface area contributed by atoms with Crippen molar-refractivity contribution < 1.29 is 15.3 Å². The molecule has 1 aliphatic rings. The lowest BCUT2D eigenvalue weighted by Gasteiger charge is -2.15. The van der Waals surface area contributed by atoms with E-state index in [1.807, 2.05) is 42.5 Å². The number of benzene rings is 3. The molecule has 0 saturated heterocycles. The molecule has 0 amide bonds. The van der Waals surface area contributed by atoms with E-state index >= 15 is 0 Å². The summed E-state index contributed by atoms with van der Waals surface area (Å²) in [4.78, 5) is 0. The van der Waals surface area contributed by atoms with E-state index in [1.165, 1.54) is 0 Å². The van der Waals surface area contributed by atoms with E-state index in [0.29, 0.717) is 23.1 Å². The first-order valence-electron chi connectivity index (χ1n) is 7.12. The highest BCUT2D eigenvalue weighted by atomic mass is 16.3. The monoisotopic (exact) mass is 290 g/mol. The third-order valence-corrected chi connectivity index (χ3v) is 4.24. The Bertz CT molecular complexity index is 879. The van der Waals surface area contributed by atoms with Gasteiger partial charge < -0.3 is 15.3 Å². The van der Waals surface area contributed by atoms with Crippen molar-refractivity contribution in [1.82, 2.24) is 0 Å². The van der Waals surface area contributed by atoms with Crippen molar-refractivity contribution >= 4 is 0 Å². The summed E-state index contributed by atoms with van der Waals surface area (Å²) in [5.74, 6) is -0.403. The van der Waals surface area contributed by atoms with Gasteiger partial charge in [0.05, 0.1) is 5.56 Å². The first kappa shape index (κ1) is 12.8. The molecule has 0 unspecified atom stereocenters. The Morgan fingerprint density at radius 3 is 2.09 bits per heavy atom. The van der Waals surface area contributed by atoms with Crippen LogP contribution >= 0.6 is 0 Å². The van der Waals surface area contributed by atoms with Crippen LogP contribution in [-0.2, 0) is 6.42 Å². The number of phenolic OH excluding ortho intramolecular Hbond substituents is 3. The summed E-state index contributed by atoms with van der Waals surface area (Å²) < 4.78 is 0. The minimum Gasteiger partial charge on any atom is -0.506 e. The van der Waals surface area contributed by atoms with Crippen LogP contribution in [0.1, 0.15) is 11.1 Å². The molecule has 0 spiro atoms. The lowest BCUT2D eigenvalue weighted by molar-refractivity contribution is 0.396. The van der Waals surface area contributed by atoms with E-state index in [0.717, 1.165) is 11.1 Å². The van der Waals surface area contributed by atoms with Gasteiger partial charge in [-0.1, -0.05) is 54.6 Å². The van der Waals surface area contributed by atoms with Crippen molar-refractivity contribution in [2.75, 3.05) is 0 Å². The third-order valence-electron chi connectivity index (χ3n) is 4.24. The Kier molecular flexibility index (Phi) is 2.63. The highest BCUT2D eigenvalue weighted by Crippen LogP contribution is 2.55. The van der Waals surface area contributed by atoms with Crippen LogP contribution in [0.25, 0.3) is 22.3 Å². The van der Waals surface area contributed by atoms with E-state index < -0.39 is 0 Å². The van der Waals surface area contributed by atoms with Gasteiger partial charge in [0.1, 0.15) is 5.75 Å².